The average molecular weight is 382 g/mol. The highest BCUT2D eigenvalue weighted by atomic mass is 32.2. The molecule has 0 saturated heterocycles. The van der Waals surface area contributed by atoms with Gasteiger partial charge in [0.1, 0.15) is 11.8 Å². The summed E-state index contributed by atoms with van der Waals surface area (Å²) < 4.78 is 31.2. The normalized spacial score (nSPS) is 12.5. The van der Waals surface area contributed by atoms with E-state index in [0.29, 0.717) is 15.8 Å². The van der Waals surface area contributed by atoms with Crippen molar-refractivity contribution in [1.82, 2.24) is 5.16 Å². The van der Waals surface area contributed by atoms with Crippen molar-refractivity contribution in [3.63, 3.8) is 0 Å². The number of carboxylic acid groups (broad SMARTS) is 1. The smallest absolute Gasteiger partial charge is 0.320 e. The molecule has 0 aliphatic rings. The number of amides is 1. The Bertz CT molecular complexity index is 906. The van der Waals surface area contributed by atoms with Crippen LogP contribution < -0.4 is 15.8 Å². The first kappa shape index (κ1) is 19.4. The van der Waals surface area contributed by atoms with Crippen LogP contribution in [0, 0.1) is 6.92 Å². The second kappa shape index (κ2) is 7.54. The van der Waals surface area contributed by atoms with Crippen molar-refractivity contribution in [1.29, 1.82) is 0 Å². The number of anilines is 2. The van der Waals surface area contributed by atoms with Crippen LogP contribution in [0.4, 0.5) is 11.5 Å². The third kappa shape index (κ3) is 4.18. The largest absolute Gasteiger partial charge is 0.480 e. The Morgan fingerprint density at radius 3 is 2.42 bits per heavy atom. The fraction of sp³-hybridized carbons (Fsp3) is 0.267. The van der Waals surface area contributed by atoms with Crippen molar-refractivity contribution in [2.24, 2.45) is 5.73 Å². The molecule has 0 saturated carbocycles. The number of nitrogens with zero attached hydrogens (tertiary/aromatic N) is 2. The van der Waals surface area contributed by atoms with Gasteiger partial charge in [0.05, 0.1) is 4.90 Å². The van der Waals surface area contributed by atoms with Gasteiger partial charge >= 0.3 is 5.97 Å². The molecule has 1 aromatic heterocycles. The lowest BCUT2D eigenvalue weighted by Gasteiger charge is -2.20. The van der Waals surface area contributed by atoms with Crippen LogP contribution in [0.5, 0.6) is 0 Å². The molecule has 1 heterocycles. The van der Waals surface area contributed by atoms with Gasteiger partial charge in [0.2, 0.25) is 5.91 Å². The summed E-state index contributed by atoms with van der Waals surface area (Å²) in [5.74, 6) is -2.10. The van der Waals surface area contributed by atoms with Crippen molar-refractivity contribution < 1.29 is 27.6 Å². The number of carbonyl (C=O) groups excluding carboxylic acids is 1. The molecule has 140 valence electrons. The molecule has 0 aliphatic carbocycles. The van der Waals surface area contributed by atoms with E-state index < -0.39 is 34.4 Å². The van der Waals surface area contributed by atoms with Crippen molar-refractivity contribution in [3.8, 4) is 0 Å². The molecule has 2 aromatic rings. The minimum Gasteiger partial charge on any atom is -0.480 e. The zero-order valence-electron chi connectivity index (χ0n) is 13.8. The molecule has 1 atom stereocenters. The van der Waals surface area contributed by atoms with E-state index in [2.05, 4.69) is 5.16 Å². The van der Waals surface area contributed by atoms with Gasteiger partial charge in [-0.2, -0.15) is 4.31 Å². The summed E-state index contributed by atoms with van der Waals surface area (Å²) in [6.07, 6.45) is -0.646. The number of carbonyl (C=O) groups is 2. The van der Waals surface area contributed by atoms with Crippen molar-refractivity contribution >= 4 is 33.4 Å². The predicted octanol–water partition coefficient (Wildman–Crippen LogP) is 0.479. The summed E-state index contributed by atoms with van der Waals surface area (Å²) >= 11 is 0. The molecule has 0 fully saturated rings. The van der Waals surface area contributed by atoms with Crippen molar-refractivity contribution in [3.05, 3.63) is 36.1 Å². The number of hydrogen-bond acceptors (Lipinski definition) is 8. The zero-order chi connectivity index (χ0) is 19.5. The van der Waals surface area contributed by atoms with E-state index in [1.54, 1.807) is 0 Å². The number of aryl methyl sites for hydroxylation is 1. The number of nitrogens with two attached hydrogens (primary N) is 2. The Kier molecular flexibility index (Phi) is 5.63. The van der Waals surface area contributed by atoms with Crippen molar-refractivity contribution in [2.75, 3.05) is 10.0 Å². The topological polar surface area (TPSA) is 170 Å². The van der Waals surface area contributed by atoms with Gasteiger partial charge in [-0.15, -0.1) is 0 Å². The van der Waals surface area contributed by atoms with Gasteiger partial charge in [-0.3, -0.25) is 9.59 Å². The van der Waals surface area contributed by atoms with Gasteiger partial charge in [0.25, 0.3) is 10.0 Å². The molecule has 0 aliphatic heterocycles. The number of aliphatic carboxylic acids is 1. The molecule has 2 rings (SSSR count). The monoisotopic (exact) mass is 382 g/mol. The molecule has 26 heavy (non-hydrogen) atoms. The molecule has 0 spiro atoms. The molecule has 1 amide bonds. The Balaban J connectivity index is 2.39. The lowest BCUT2D eigenvalue weighted by Crippen LogP contribution is -2.39. The summed E-state index contributed by atoms with van der Waals surface area (Å²) in [4.78, 5) is 23.2. The summed E-state index contributed by atoms with van der Waals surface area (Å²) in [6.45, 7) is 1.54. The van der Waals surface area contributed by atoms with E-state index in [0.717, 1.165) is 0 Å². The molecule has 0 radical (unpaired) electrons. The lowest BCUT2D eigenvalue weighted by molar-refractivity contribution is -0.138. The second-order valence-corrected chi connectivity index (χ2v) is 7.30. The van der Waals surface area contributed by atoms with E-state index in [1.807, 2.05) is 0 Å². The third-order valence-corrected chi connectivity index (χ3v) is 5.19. The van der Waals surface area contributed by atoms with Crippen LogP contribution in [-0.4, -0.2) is 36.6 Å². The number of hydrogen-bond donors (Lipinski definition) is 3. The van der Waals surface area contributed by atoms with E-state index in [-0.39, 0.29) is 17.1 Å². The number of nitrogen functional groups attached to an aromatic ring is 1. The highest BCUT2D eigenvalue weighted by Gasteiger charge is 2.33. The molecule has 11 heteroatoms. The molecule has 1 aromatic carbocycles. The van der Waals surface area contributed by atoms with Crippen LogP contribution in [0.1, 0.15) is 18.6 Å². The standard InChI is InChI=1S/C15H18N4O6S/c1-9-8-13(18-25-9)19(14(20)7-6-12(17)15(21)22)26(23,24)11-4-2-10(16)3-5-11/h2-5,8,12H,6-7,16-17H2,1H3,(H,21,22)/t12-/m0/s1. The number of carboxylic acids is 1. The van der Waals surface area contributed by atoms with Crippen LogP contribution in [-0.2, 0) is 19.6 Å². The average Bonchev–Trinajstić information content (AvgIpc) is 2.98. The Hall–Kier alpha value is -2.92. The van der Waals surface area contributed by atoms with E-state index in [1.165, 1.54) is 37.3 Å². The summed E-state index contributed by atoms with van der Waals surface area (Å²) in [7, 11) is -4.31. The predicted molar refractivity (Wildman–Crippen MR) is 91.6 cm³/mol. The fourth-order valence-electron chi connectivity index (χ4n) is 2.08. The van der Waals surface area contributed by atoms with Crippen LogP contribution in [0.2, 0.25) is 0 Å². The quantitative estimate of drug-likeness (QED) is 0.576. The molecular weight excluding hydrogens is 364 g/mol. The molecule has 0 bridgehead atoms. The first-order valence-electron chi connectivity index (χ1n) is 7.48. The Labute approximate surface area is 149 Å². The maximum atomic E-state index is 12.9. The van der Waals surface area contributed by atoms with Crippen LogP contribution in [0.15, 0.2) is 39.8 Å². The van der Waals surface area contributed by atoms with Crippen LogP contribution in [0.3, 0.4) is 0 Å². The number of aromatic nitrogens is 1. The Morgan fingerprint density at radius 1 is 1.31 bits per heavy atom. The maximum absolute atomic E-state index is 12.9. The highest BCUT2D eigenvalue weighted by molar-refractivity contribution is 7.93. The minimum atomic E-state index is -4.31. The Morgan fingerprint density at radius 2 is 1.92 bits per heavy atom. The van der Waals surface area contributed by atoms with Gasteiger partial charge in [-0.25, -0.2) is 8.42 Å². The third-order valence-electron chi connectivity index (χ3n) is 3.45. The summed E-state index contributed by atoms with van der Waals surface area (Å²) in [5.41, 5.74) is 11.3. The summed E-state index contributed by atoms with van der Waals surface area (Å²) in [6, 6.07) is 5.25. The maximum Gasteiger partial charge on any atom is 0.320 e. The zero-order valence-corrected chi connectivity index (χ0v) is 14.6. The van der Waals surface area contributed by atoms with Crippen LogP contribution >= 0.6 is 0 Å². The van der Waals surface area contributed by atoms with Gasteiger partial charge in [0, 0.05) is 18.2 Å². The second-order valence-electron chi connectivity index (χ2n) is 5.51. The fourth-order valence-corrected chi connectivity index (χ4v) is 3.47. The number of rotatable bonds is 7. The van der Waals surface area contributed by atoms with Crippen LogP contribution in [0.25, 0.3) is 0 Å². The SMILES string of the molecule is Cc1cc(N(C(=O)CC[C@H](N)C(=O)O)S(=O)(=O)c2ccc(N)cc2)no1. The van der Waals surface area contributed by atoms with Gasteiger partial charge in [-0.1, -0.05) is 5.16 Å². The molecule has 0 unspecified atom stereocenters. The lowest BCUT2D eigenvalue weighted by atomic mass is 10.1. The molecular formula is C15H18N4O6S. The first-order chi connectivity index (χ1) is 12.1. The van der Waals surface area contributed by atoms with E-state index in [4.69, 9.17) is 21.1 Å². The van der Waals surface area contributed by atoms with Gasteiger partial charge < -0.3 is 21.1 Å². The van der Waals surface area contributed by atoms with E-state index in [9.17, 15) is 18.0 Å². The highest BCUT2D eigenvalue weighted by Crippen LogP contribution is 2.25. The van der Waals surface area contributed by atoms with Gasteiger partial charge in [-0.05, 0) is 37.6 Å². The number of benzene rings is 1. The molecule has 10 nitrogen and oxygen atoms in total. The molecule has 5 N–H and O–H groups in total. The number of sulfonamides is 1. The minimum absolute atomic E-state index is 0.178. The van der Waals surface area contributed by atoms with E-state index >= 15 is 0 Å². The van der Waals surface area contributed by atoms with Crippen molar-refractivity contribution in [2.45, 2.75) is 30.7 Å². The first-order valence-corrected chi connectivity index (χ1v) is 8.92. The van der Waals surface area contributed by atoms with Gasteiger partial charge in [0.15, 0.2) is 5.82 Å². The summed E-state index contributed by atoms with van der Waals surface area (Å²) in [5, 5.41) is 12.4.